The molecule has 27 heavy (non-hydrogen) atoms. The fourth-order valence-electron chi connectivity index (χ4n) is 2.70. The number of hydrogen-bond acceptors (Lipinski definition) is 5. The van der Waals surface area contributed by atoms with Gasteiger partial charge in [0.05, 0.1) is 29.4 Å². The maximum Gasteiger partial charge on any atom is 0.416 e. The number of ether oxygens (including phenoxy) is 1. The van der Waals surface area contributed by atoms with Gasteiger partial charge < -0.3 is 10.1 Å². The van der Waals surface area contributed by atoms with Crippen molar-refractivity contribution in [1.82, 2.24) is 14.8 Å². The van der Waals surface area contributed by atoms with Crippen molar-refractivity contribution in [3.8, 4) is 0 Å². The zero-order chi connectivity index (χ0) is 19.6. The van der Waals surface area contributed by atoms with Crippen LogP contribution in [0.1, 0.15) is 28.4 Å². The summed E-state index contributed by atoms with van der Waals surface area (Å²) in [5, 5.41) is 7.74. The minimum absolute atomic E-state index is 0.0876. The molecule has 0 aliphatic heterocycles. The molecule has 1 aromatic carbocycles. The number of rotatable bonds is 5. The van der Waals surface area contributed by atoms with Crippen molar-refractivity contribution in [1.29, 1.82) is 0 Å². The molecule has 9 heteroatoms. The van der Waals surface area contributed by atoms with E-state index in [9.17, 15) is 18.0 Å². The normalized spacial score (nSPS) is 11.6. The summed E-state index contributed by atoms with van der Waals surface area (Å²) in [5.41, 5.74) is 0.852. The number of nitrogens with zero attached hydrogens (tertiary/aromatic N) is 3. The zero-order valence-corrected chi connectivity index (χ0v) is 14.7. The van der Waals surface area contributed by atoms with E-state index in [1.165, 1.54) is 12.3 Å². The van der Waals surface area contributed by atoms with E-state index in [0.717, 1.165) is 12.1 Å². The molecule has 142 valence electrons. The predicted molar refractivity (Wildman–Crippen MR) is 93.2 cm³/mol. The number of aromatic nitrogens is 3. The predicted octanol–water partition coefficient (Wildman–Crippen LogP) is 3.78. The Balaban J connectivity index is 1.96. The maximum absolute atomic E-state index is 12.9. The van der Waals surface area contributed by atoms with Gasteiger partial charge in [0.25, 0.3) is 0 Å². The van der Waals surface area contributed by atoms with Gasteiger partial charge in [0.15, 0.2) is 5.65 Å². The first-order valence-electron chi connectivity index (χ1n) is 8.19. The number of esters is 1. The molecule has 6 nitrogen and oxygen atoms in total. The number of carbonyl (C=O) groups is 1. The summed E-state index contributed by atoms with van der Waals surface area (Å²) in [7, 11) is 1.70. The maximum atomic E-state index is 12.9. The smallest absolute Gasteiger partial charge is 0.416 e. The average molecular weight is 378 g/mol. The molecular formula is C18H17F3N4O2. The second-order valence-corrected chi connectivity index (χ2v) is 5.82. The number of pyridine rings is 1. The molecule has 1 N–H and O–H groups in total. The fraction of sp³-hybridized carbons (Fsp3) is 0.278. The van der Waals surface area contributed by atoms with Gasteiger partial charge in [-0.2, -0.15) is 18.3 Å². The van der Waals surface area contributed by atoms with Gasteiger partial charge in [-0.3, -0.25) is 4.68 Å². The van der Waals surface area contributed by atoms with Crippen LogP contribution in [0.4, 0.5) is 18.9 Å². The van der Waals surface area contributed by atoms with Crippen LogP contribution in [0.3, 0.4) is 0 Å². The van der Waals surface area contributed by atoms with Gasteiger partial charge in [0.2, 0.25) is 0 Å². The van der Waals surface area contributed by atoms with Crippen LogP contribution in [0.5, 0.6) is 0 Å². The van der Waals surface area contributed by atoms with E-state index < -0.39 is 17.7 Å². The lowest BCUT2D eigenvalue weighted by Gasteiger charge is -2.13. The van der Waals surface area contributed by atoms with Gasteiger partial charge in [-0.15, -0.1) is 0 Å². The summed E-state index contributed by atoms with van der Waals surface area (Å²) in [6.07, 6.45) is -1.50. The van der Waals surface area contributed by atoms with E-state index in [0.29, 0.717) is 22.3 Å². The molecule has 0 saturated heterocycles. The molecule has 0 atom stereocenters. The second-order valence-electron chi connectivity index (χ2n) is 5.82. The Kier molecular flexibility index (Phi) is 5.02. The molecule has 0 spiro atoms. The van der Waals surface area contributed by atoms with Gasteiger partial charge in [-0.1, -0.05) is 12.1 Å². The van der Waals surface area contributed by atoms with E-state index in [2.05, 4.69) is 15.4 Å². The van der Waals surface area contributed by atoms with E-state index in [1.54, 1.807) is 30.9 Å². The zero-order valence-electron chi connectivity index (χ0n) is 14.7. The van der Waals surface area contributed by atoms with Crippen LogP contribution >= 0.6 is 0 Å². The van der Waals surface area contributed by atoms with Crippen LogP contribution in [0, 0.1) is 0 Å². The van der Waals surface area contributed by atoms with Gasteiger partial charge in [-0.25, -0.2) is 9.78 Å². The molecular weight excluding hydrogens is 361 g/mol. The third-order valence-electron chi connectivity index (χ3n) is 3.98. The molecule has 3 rings (SSSR count). The minimum Gasteiger partial charge on any atom is -0.462 e. The highest BCUT2D eigenvalue weighted by atomic mass is 19.4. The van der Waals surface area contributed by atoms with Crippen molar-refractivity contribution < 1.29 is 22.7 Å². The fourth-order valence-corrected chi connectivity index (χ4v) is 2.70. The van der Waals surface area contributed by atoms with Crippen LogP contribution in [-0.4, -0.2) is 27.3 Å². The van der Waals surface area contributed by atoms with E-state index in [1.807, 2.05) is 0 Å². The van der Waals surface area contributed by atoms with Crippen molar-refractivity contribution in [2.45, 2.75) is 19.6 Å². The lowest BCUT2D eigenvalue weighted by molar-refractivity contribution is -0.137. The number of benzene rings is 1. The number of alkyl halides is 3. The Labute approximate surface area is 153 Å². The van der Waals surface area contributed by atoms with Crippen molar-refractivity contribution >= 4 is 22.7 Å². The van der Waals surface area contributed by atoms with Crippen molar-refractivity contribution in [3.63, 3.8) is 0 Å². The van der Waals surface area contributed by atoms with E-state index in [-0.39, 0.29) is 18.7 Å². The molecule has 0 saturated carbocycles. The Bertz CT molecular complexity index is 982. The summed E-state index contributed by atoms with van der Waals surface area (Å²) in [4.78, 5) is 16.5. The highest BCUT2D eigenvalue weighted by Crippen LogP contribution is 2.30. The van der Waals surface area contributed by atoms with Crippen molar-refractivity contribution in [2.75, 3.05) is 11.9 Å². The molecule has 2 heterocycles. The van der Waals surface area contributed by atoms with Gasteiger partial charge in [0, 0.05) is 19.8 Å². The van der Waals surface area contributed by atoms with Crippen molar-refractivity contribution in [2.24, 2.45) is 7.05 Å². The third kappa shape index (κ3) is 3.86. The molecule has 0 aliphatic rings. The number of halogens is 3. The minimum atomic E-state index is -4.42. The number of anilines is 1. The Morgan fingerprint density at radius 2 is 2.07 bits per heavy atom. The molecule has 0 amide bonds. The number of carbonyl (C=O) groups excluding carboxylic acids is 1. The summed E-state index contributed by atoms with van der Waals surface area (Å²) in [5.74, 6) is -0.567. The molecule has 2 aromatic heterocycles. The lowest BCUT2D eigenvalue weighted by Crippen LogP contribution is -2.12. The summed E-state index contributed by atoms with van der Waals surface area (Å²) >= 11 is 0. The molecule has 0 unspecified atom stereocenters. The summed E-state index contributed by atoms with van der Waals surface area (Å²) in [6, 6.07) is 5.00. The largest absolute Gasteiger partial charge is 0.462 e. The SMILES string of the molecule is CCOC(=O)c1cnc2c(cnn2C)c1NCc1cccc(C(F)(F)F)c1. The second kappa shape index (κ2) is 7.26. The molecule has 0 bridgehead atoms. The topological polar surface area (TPSA) is 69.0 Å². The summed E-state index contributed by atoms with van der Waals surface area (Å²) < 4.78 is 45.3. The highest BCUT2D eigenvalue weighted by Gasteiger charge is 2.30. The van der Waals surface area contributed by atoms with Crippen LogP contribution in [0.25, 0.3) is 11.0 Å². The van der Waals surface area contributed by atoms with Gasteiger partial charge in [0.1, 0.15) is 5.56 Å². The van der Waals surface area contributed by atoms with Gasteiger partial charge in [-0.05, 0) is 24.6 Å². The lowest BCUT2D eigenvalue weighted by atomic mass is 10.1. The van der Waals surface area contributed by atoms with Crippen LogP contribution in [0.2, 0.25) is 0 Å². The van der Waals surface area contributed by atoms with Crippen LogP contribution in [0.15, 0.2) is 36.7 Å². The third-order valence-corrected chi connectivity index (χ3v) is 3.98. The quantitative estimate of drug-likeness (QED) is 0.685. The first-order valence-corrected chi connectivity index (χ1v) is 8.19. The van der Waals surface area contributed by atoms with E-state index in [4.69, 9.17) is 4.74 Å². The van der Waals surface area contributed by atoms with Gasteiger partial charge >= 0.3 is 12.1 Å². The first kappa shape index (κ1) is 18.7. The Morgan fingerprint density at radius 3 is 2.78 bits per heavy atom. The number of hydrogen-bond donors (Lipinski definition) is 1. The number of aryl methyl sites for hydroxylation is 1. The summed E-state index contributed by atoms with van der Waals surface area (Å²) in [6.45, 7) is 1.96. The standard InChI is InChI=1S/C18H17F3N4O2/c1-3-27-17(26)14-9-23-16-13(10-24-25(16)2)15(14)22-8-11-5-4-6-12(7-11)18(19,20)21/h4-7,9-10H,3,8H2,1-2H3,(H,22,23). The Morgan fingerprint density at radius 1 is 1.30 bits per heavy atom. The average Bonchev–Trinajstić information content (AvgIpc) is 3.01. The number of nitrogens with one attached hydrogen (secondary N) is 1. The van der Waals surface area contributed by atoms with Crippen LogP contribution in [-0.2, 0) is 24.5 Å². The van der Waals surface area contributed by atoms with Crippen molar-refractivity contribution in [3.05, 3.63) is 53.3 Å². The molecule has 0 fully saturated rings. The molecule has 0 radical (unpaired) electrons. The highest BCUT2D eigenvalue weighted by molar-refractivity contribution is 6.04. The molecule has 3 aromatic rings. The van der Waals surface area contributed by atoms with E-state index >= 15 is 0 Å². The molecule has 0 aliphatic carbocycles. The van der Waals surface area contributed by atoms with Crippen LogP contribution < -0.4 is 5.32 Å². The monoisotopic (exact) mass is 378 g/mol. The number of fused-ring (bicyclic) bond motifs is 1. The first-order chi connectivity index (χ1) is 12.8. The Hall–Kier alpha value is -3.10.